The molecule has 0 atom stereocenters. The van der Waals surface area contributed by atoms with Gasteiger partial charge in [0.15, 0.2) is 5.65 Å². The van der Waals surface area contributed by atoms with E-state index in [2.05, 4.69) is 32.7 Å². The van der Waals surface area contributed by atoms with Gasteiger partial charge in [-0.3, -0.25) is 15.5 Å². The summed E-state index contributed by atoms with van der Waals surface area (Å²) in [6.45, 7) is 5.37. The summed E-state index contributed by atoms with van der Waals surface area (Å²) in [4.78, 5) is 8.68. The van der Waals surface area contributed by atoms with E-state index in [1.54, 1.807) is 4.68 Å². The van der Waals surface area contributed by atoms with Gasteiger partial charge in [-0.2, -0.15) is 18.3 Å². The summed E-state index contributed by atoms with van der Waals surface area (Å²) < 4.78 is 56.2. The van der Waals surface area contributed by atoms with Crippen LogP contribution < -0.4 is 10.3 Å². The van der Waals surface area contributed by atoms with E-state index >= 15 is 0 Å². The van der Waals surface area contributed by atoms with Crippen LogP contribution >= 0.6 is 0 Å². The Morgan fingerprint density at radius 2 is 1.90 bits per heavy atom. The number of alkyl halides is 3. The van der Waals surface area contributed by atoms with Gasteiger partial charge in [-0.1, -0.05) is 23.2 Å². The molecule has 0 spiro atoms. The molecular formula is C27H35F4N9. The Balaban J connectivity index is 1.77. The Morgan fingerprint density at radius 1 is 1.18 bits per heavy atom. The maximum atomic E-state index is 14.2. The average molecular weight is 562 g/mol. The van der Waals surface area contributed by atoms with Gasteiger partial charge in [0.05, 0.1) is 11.3 Å². The van der Waals surface area contributed by atoms with E-state index in [9.17, 15) is 17.6 Å². The molecule has 1 aliphatic rings. The molecule has 2 N–H and O–H groups in total. The van der Waals surface area contributed by atoms with Gasteiger partial charge < -0.3 is 9.80 Å². The zero-order chi connectivity index (χ0) is 29.0. The first-order valence-electron chi connectivity index (χ1n) is 13.4. The lowest BCUT2D eigenvalue weighted by molar-refractivity contribution is -0.137. The third-order valence-corrected chi connectivity index (χ3v) is 7.25. The molecule has 2 aromatic heterocycles. The first kappa shape index (κ1) is 29.2. The number of anilines is 1. The van der Waals surface area contributed by atoms with E-state index in [1.807, 2.05) is 20.0 Å². The van der Waals surface area contributed by atoms with Crippen LogP contribution in [0.4, 0.5) is 23.4 Å². The molecule has 40 heavy (non-hydrogen) atoms. The standard InChI is InChI=1S/C27H35F4N9/c1-5-39(14-18-8-6-7-9-18)24-20(12-23-17(2)36-38(4)25(23)34-24)16-40(26(32)35-37-33-3)15-19-10-21(27(29,30)31)13-22(28)11-19/h10-13,18H,5-9,14-16H2,1-4H3,(H2,32,33,35). The van der Waals surface area contributed by atoms with Gasteiger partial charge in [-0.25, -0.2) is 9.37 Å². The van der Waals surface area contributed by atoms with Crippen molar-refractivity contribution in [3.05, 3.63) is 52.5 Å². The Hall–Kier alpha value is -3.77. The minimum atomic E-state index is -4.71. The normalized spacial score (nSPS) is 14.4. The molecule has 0 radical (unpaired) electrons. The molecule has 0 aliphatic heterocycles. The van der Waals surface area contributed by atoms with Crippen molar-refractivity contribution in [3.8, 4) is 0 Å². The van der Waals surface area contributed by atoms with Crippen molar-refractivity contribution in [2.24, 2.45) is 23.3 Å². The number of nitrogens with one attached hydrogen (secondary N) is 2. The van der Waals surface area contributed by atoms with E-state index in [1.165, 1.54) is 24.8 Å². The highest BCUT2D eigenvalue weighted by Gasteiger charge is 2.32. The molecule has 2 heterocycles. The van der Waals surface area contributed by atoms with Gasteiger partial charge in [0.2, 0.25) is 5.96 Å². The summed E-state index contributed by atoms with van der Waals surface area (Å²) in [5.74, 6) is -0.0226. The maximum absolute atomic E-state index is 14.2. The smallest absolute Gasteiger partial charge is 0.356 e. The molecular weight excluding hydrogens is 526 g/mol. The number of hydrogen-bond donors (Lipinski definition) is 2. The van der Waals surface area contributed by atoms with Crippen LogP contribution in [0, 0.1) is 24.1 Å². The topological polar surface area (TPSA) is 97.8 Å². The van der Waals surface area contributed by atoms with Crippen molar-refractivity contribution in [1.29, 1.82) is 5.41 Å². The number of hydrogen-bond acceptors (Lipinski definition) is 5. The van der Waals surface area contributed by atoms with Crippen molar-refractivity contribution in [3.63, 3.8) is 0 Å². The van der Waals surface area contributed by atoms with Crippen LogP contribution in [0.1, 0.15) is 55.0 Å². The molecule has 0 amide bonds. The van der Waals surface area contributed by atoms with Crippen LogP contribution in [0.15, 0.2) is 34.6 Å². The van der Waals surface area contributed by atoms with Crippen molar-refractivity contribution < 1.29 is 17.6 Å². The number of halogens is 4. The van der Waals surface area contributed by atoms with Crippen molar-refractivity contribution in [2.75, 3.05) is 25.0 Å². The van der Waals surface area contributed by atoms with E-state index in [0.29, 0.717) is 18.5 Å². The summed E-state index contributed by atoms with van der Waals surface area (Å²) in [6, 6.07) is 4.37. The van der Waals surface area contributed by atoms with Crippen molar-refractivity contribution in [2.45, 2.75) is 58.8 Å². The number of aryl methyl sites for hydroxylation is 2. The summed E-state index contributed by atoms with van der Waals surface area (Å²) in [7, 11) is 3.36. The monoisotopic (exact) mass is 561 g/mol. The molecule has 216 valence electrons. The van der Waals surface area contributed by atoms with Crippen LogP contribution in [-0.2, 0) is 26.3 Å². The van der Waals surface area contributed by atoms with Crippen LogP contribution in [0.25, 0.3) is 11.0 Å². The Labute approximate surface area is 230 Å². The average Bonchev–Trinajstić information content (AvgIpc) is 3.51. The minimum Gasteiger partial charge on any atom is -0.356 e. The molecule has 4 rings (SSSR count). The summed E-state index contributed by atoms with van der Waals surface area (Å²) in [5, 5.41) is 21.4. The number of fused-ring (bicyclic) bond motifs is 1. The Bertz CT molecular complexity index is 1380. The van der Waals surface area contributed by atoms with Gasteiger partial charge in [-0.05, 0) is 62.4 Å². The van der Waals surface area contributed by atoms with Crippen molar-refractivity contribution >= 4 is 22.8 Å². The number of nitrogens with zero attached hydrogens (tertiary/aromatic N) is 7. The van der Waals surface area contributed by atoms with Crippen LogP contribution in [-0.4, -0.2) is 45.8 Å². The molecule has 0 bridgehead atoms. The number of aromatic nitrogens is 3. The highest BCUT2D eigenvalue weighted by atomic mass is 19.4. The van der Waals surface area contributed by atoms with E-state index < -0.39 is 17.6 Å². The Kier molecular flexibility index (Phi) is 8.89. The minimum absolute atomic E-state index is 0.0585. The summed E-state index contributed by atoms with van der Waals surface area (Å²) in [5.41, 5.74) is 3.72. The van der Waals surface area contributed by atoms with E-state index in [4.69, 9.17) is 10.4 Å². The zero-order valence-corrected chi connectivity index (χ0v) is 23.2. The SMILES string of the molecule is CCN(CC1CCCC1)c1nc2c(cc1CN(Cc1cc(F)cc(C(F)(F)F)c1)C(=N)/N=N\NC)c(C)nn2C. The fourth-order valence-corrected chi connectivity index (χ4v) is 5.33. The molecule has 3 aromatic rings. The molecule has 1 aromatic carbocycles. The number of guanidine groups is 1. The van der Waals surface area contributed by atoms with Gasteiger partial charge in [0.1, 0.15) is 11.6 Å². The van der Waals surface area contributed by atoms with Gasteiger partial charge in [0, 0.05) is 51.2 Å². The molecule has 1 fully saturated rings. The second-order valence-corrected chi connectivity index (χ2v) is 10.2. The highest BCUT2D eigenvalue weighted by Crippen LogP contribution is 2.33. The lowest BCUT2D eigenvalue weighted by Gasteiger charge is -2.30. The van der Waals surface area contributed by atoms with Crippen molar-refractivity contribution in [1.82, 2.24) is 25.1 Å². The van der Waals surface area contributed by atoms with Crippen LogP contribution in [0.5, 0.6) is 0 Å². The fraction of sp³-hybridized carbons (Fsp3) is 0.519. The lowest BCUT2D eigenvalue weighted by atomic mass is 10.1. The molecule has 9 nitrogen and oxygen atoms in total. The zero-order valence-electron chi connectivity index (χ0n) is 23.2. The number of pyridine rings is 1. The highest BCUT2D eigenvalue weighted by molar-refractivity contribution is 5.82. The second kappa shape index (κ2) is 12.2. The lowest BCUT2D eigenvalue weighted by Crippen LogP contribution is -2.33. The fourth-order valence-electron chi connectivity index (χ4n) is 5.33. The molecule has 0 saturated heterocycles. The molecule has 0 unspecified atom stereocenters. The molecule has 13 heteroatoms. The molecule has 1 saturated carbocycles. The predicted molar refractivity (Wildman–Crippen MR) is 145 cm³/mol. The first-order valence-corrected chi connectivity index (χ1v) is 13.4. The third kappa shape index (κ3) is 6.68. The van der Waals surface area contributed by atoms with Crippen LogP contribution in [0.3, 0.4) is 0 Å². The van der Waals surface area contributed by atoms with Gasteiger partial charge in [0.25, 0.3) is 0 Å². The van der Waals surface area contributed by atoms with E-state index in [-0.39, 0.29) is 24.6 Å². The number of benzene rings is 1. The van der Waals surface area contributed by atoms with Gasteiger partial charge >= 0.3 is 6.18 Å². The first-order chi connectivity index (χ1) is 19.0. The third-order valence-electron chi connectivity index (χ3n) is 7.25. The quantitative estimate of drug-likeness (QED) is 0.110. The van der Waals surface area contributed by atoms with Crippen LogP contribution in [0.2, 0.25) is 0 Å². The Morgan fingerprint density at radius 3 is 2.55 bits per heavy atom. The summed E-state index contributed by atoms with van der Waals surface area (Å²) >= 11 is 0. The van der Waals surface area contributed by atoms with Gasteiger partial charge in [-0.15, -0.1) is 0 Å². The predicted octanol–water partition coefficient (Wildman–Crippen LogP) is 5.97. The maximum Gasteiger partial charge on any atom is 0.416 e. The number of rotatable bonds is 9. The largest absolute Gasteiger partial charge is 0.416 e. The molecule has 1 aliphatic carbocycles. The van der Waals surface area contributed by atoms with E-state index in [0.717, 1.165) is 59.6 Å². The summed E-state index contributed by atoms with van der Waals surface area (Å²) in [6.07, 6.45) is 0.0140. The second-order valence-electron chi connectivity index (χ2n) is 10.2.